The average molecular weight is 209 g/mol. The van der Waals surface area contributed by atoms with Crippen LogP contribution < -0.4 is 5.32 Å². The smallest absolute Gasteiger partial charge is 0.0624 e. The van der Waals surface area contributed by atoms with E-state index in [1.807, 2.05) is 11.7 Å². The fourth-order valence-electron chi connectivity index (χ4n) is 1.64. The van der Waals surface area contributed by atoms with Gasteiger partial charge in [0.1, 0.15) is 0 Å². The summed E-state index contributed by atoms with van der Waals surface area (Å²) < 4.78 is 2.03. The zero-order chi connectivity index (χ0) is 11.3. The first-order valence-corrected chi connectivity index (χ1v) is 5.82. The molecule has 0 spiro atoms. The van der Waals surface area contributed by atoms with E-state index in [4.69, 9.17) is 0 Å². The van der Waals surface area contributed by atoms with Crippen LogP contribution >= 0.6 is 0 Å². The highest BCUT2D eigenvalue weighted by atomic mass is 15.3. The lowest BCUT2D eigenvalue weighted by Gasteiger charge is -2.09. The van der Waals surface area contributed by atoms with Gasteiger partial charge in [-0.2, -0.15) is 5.10 Å². The lowest BCUT2D eigenvalue weighted by Crippen LogP contribution is -2.16. The highest BCUT2D eigenvalue weighted by molar-refractivity contribution is 4.99. The highest BCUT2D eigenvalue weighted by Gasteiger charge is 2.05. The molecule has 0 bridgehead atoms. The molecule has 1 heterocycles. The van der Waals surface area contributed by atoms with Crippen molar-refractivity contribution in [2.75, 3.05) is 13.6 Å². The highest BCUT2D eigenvalue weighted by Crippen LogP contribution is 2.09. The Morgan fingerprint density at radius 2 is 2.13 bits per heavy atom. The van der Waals surface area contributed by atoms with Crippen molar-refractivity contribution in [1.82, 2.24) is 15.1 Å². The SMILES string of the molecule is CNCC(C)CCc1ccn(C(C)C)n1. The molecular weight excluding hydrogens is 186 g/mol. The van der Waals surface area contributed by atoms with Gasteiger partial charge in [0.2, 0.25) is 0 Å². The lowest BCUT2D eigenvalue weighted by molar-refractivity contribution is 0.490. The first-order chi connectivity index (χ1) is 7.13. The summed E-state index contributed by atoms with van der Waals surface area (Å²) in [5.41, 5.74) is 1.21. The van der Waals surface area contributed by atoms with Crippen LogP contribution in [0.3, 0.4) is 0 Å². The van der Waals surface area contributed by atoms with Crippen LogP contribution in [0.2, 0.25) is 0 Å². The molecule has 86 valence electrons. The van der Waals surface area contributed by atoms with Crippen LogP contribution in [-0.4, -0.2) is 23.4 Å². The molecule has 0 fully saturated rings. The summed E-state index contributed by atoms with van der Waals surface area (Å²) in [5, 5.41) is 7.74. The zero-order valence-corrected chi connectivity index (χ0v) is 10.3. The van der Waals surface area contributed by atoms with Crippen molar-refractivity contribution in [1.29, 1.82) is 0 Å². The molecule has 15 heavy (non-hydrogen) atoms. The third-order valence-corrected chi connectivity index (χ3v) is 2.64. The van der Waals surface area contributed by atoms with E-state index < -0.39 is 0 Å². The van der Waals surface area contributed by atoms with Gasteiger partial charge in [-0.05, 0) is 52.3 Å². The van der Waals surface area contributed by atoms with E-state index in [9.17, 15) is 0 Å². The fourth-order valence-corrected chi connectivity index (χ4v) is 1.64. The summed E-state index contributed by atoms with van der Waals surface area (Å²) in [4.78, 5) is 0. The second kappa shape index (κ2) is 5.91. The molecule has 0 aliphatic rings. The van der Waals surface area contributed by atoms with E-state index in [-0.39, 0.29) is 0 Å². The van der Waals surface area contributed by atoms with Crippen molar-refractivity contribution in [3.05, 3.63) is 18.0 Å². The molecule has 0 saturated heterocycles. The van der Waals surface area contributed by atoms with E-state index in [0.717, 1.165) is 18.9 Å². The molecular formula is C12H23N3. The van der Waals surface area contributed by atoms with Crippen LogP contribution in [0, 0.1) is 5.92 Å². The molecule has 0 aliphatic heterocycles. The van der Waals surface area contributed by atoms with Crippen LogP contribution in [-0.2, 0) is 6.42 Å². The number of nitrogens with zero attached hydrogens (tertiary/aromatic N) is 2. The molecule has 3 heteroatoms. The number of aromatic nitrogens is 2. The zero-order valence-electron chi connectivity index (χ0n) is 10.3. The minimum Gasteiger partial charge on any atom is -0.319 e. The van der Waals surface area contributed by atoms with E-state index in [0.29, 0.717) is 6.04 Å². The number of rotatable bonds is 6. The predicted molar refractivity (Wildman–Crippen MR) is 64.0 cm³/mol. The Kier molecular flexibility index (Phi) is 4.82. The standard InChI is InChI=1S/C12H23N3/c1-10(2)15-8-7-12(14-15)6-5-11(3)9-13-4/h7-8,10-11,13H,5-6,9H2,1-4H3. The predicted octanol–water partition coefficient (Wildman–Crippen LogP) is 2.25. The van der Waals surface area contributed by atoms with Gasteiger partial charge in [-0.1, -0.05) is 6.92 Å². The average Bonchev–Trinajstić information content (AvgIpc) is 2.63. The maximum atomic E-state index is 4.54. The summed E-state index contributed by atoms with van der Waals surface area (Å²) in [5.74, 6) is 0.721. The Morgan fingerprint density at radius 3 is 2.67 bits per heavy atom. The van der Waals surface area contributed by atoms with Crippen molar-refractivity contribution in [2.24, 2.45) is 5.92 Å². The second-order valence-corrected chi connectivity index (χ2v) is 4.58. The largest absolute Gasteiger partial charge is 0.319 e. The van der Waals surface area contributed by atoms with Gasteiger partial charge in [-0.15, -0.1) is 0 Å². The minimum atomic E-state index is 0.466. The molecule has 1 aromatic rings. The van der Waals surface area contributed by atoms with Crippen molar-refractivity contribution in [3.8, 4) is 0 Å². The molecule has 1 atom stereocenters. The van der Waals surface area contributed by atoms with Gasteiger partial charge in [-0.25, -0.2) is 0 Å². The van der Waals surface area contributed by atoms with Crippen molar-refractivity contribution in [2.45, 2.75) is 39.7 Å². The molecule has 0 aromatic carbocycles. The van der Waals surface area contributed by atoms with Gasteiger partial charge >= 0.3 is 0 Å². The normalized spacial score (nSPS) is 13.4. The maximum Gasteiger partial charge on any atom is 0.0624 e. The first-order valence-electron chi connectivity index (χ1n) is 5.82. The molecule has 3 nitrogen and oxygen atoms in total. The summed E-state index contributed by atoms with van der Waals surface area (Å²) in [7, 11) is 2.00. The van der Waals surface area contributed by atoms with Gasteiger partial charge in [0, 0.05) is 12.2 Å². The summed E-state index contributed by atoms with van der Waals surface area (Å²) >= 11 is 0. The number of nitrogens with one attached hydrogen (secondary N) is 1. The topological polar surface area (TPSA) is 29.9 Å². The Labute approximate surface area is 92.9 Å². The monoisotopic (exact) mass is 209 g/mol. The molecule has 1 unspecified atom stereocenters. The van der Waals surface area contributed by atoms with Crippen LogP contribution in [0.25, 0.3) is 0 Å². The Bertz CT molecular complexity index is 278. The Balaban J connectivity index is 2.37. The molecule has 0 amide bonds. The van der Waals surface area contributed by atoms with Crippen LogP contribution in [0.1, 0.15) is 38.9 Å². The van der Waals surface area contributed by atoms with Crippen LogP contribution in [0.4, 0.5) is 0 Å². The second-order valence-electron chi connectivity index (χ2n) is 4.58. The summed E-state index contributed by atoms with van der Waals surface area (Å²) in [6.45, 7) is 7.67. The number of hydrogen-bond donors (Lipinski definition) is 1. The van der Waals surface area contributed by atoms with Crippen LogP contribution in [0.5, 0.6) is 0 Å². The number of aryl methyl sites for hydroxylation is 1. The third-order valence-electron chi connectivity index (χ3n) is 2.64. The van der Waals surface area contributed by atoms with Gasteiger partial charge in [0.15, 0.2) is 0 Å². The summed E-state index contributed by atoms with van der Waals surface area (Å²) in [6, 6.07) is 2.60. The third kappa shape index (κ3) is 4.04. The van der Waals surface area contributed by atoms with Gasteiger partial charge in [0.05, 0.1) is 5.69 Å². The van der Waals surface area contributed by atoms with E-state index >= 15 is 0 Å². The lowest BCUT2D eigenvalue weighted by atomic mass is 10.0. The summed E-state index contributed by atoms with van der Waals surface area (Å²) in [6.07, 6.45) is 4.36. The van der Waals surface area contributed by atoms with Crippen molar-refractivity contribution >= 4 is 0 Å². The molecule has 1 rings (SSSR count). The van der Waals surface area contributed by atoms with E-state index in [1.54, 1.807) is 0 Å². The molecule has 0 radical (unpaired) electrons. The van der Waals surface area contributed by atoms with E-state index in [2.05, 4.69) is 43.4 Å². The van der Waals surface area contributed by atoms with Gasteiger partial charge in [0.25, 0.3) is 0 Å². The van der Waals surface area contributed by atoms with Crippen LogP contribution in [0.15, 0.2) is 12.3 Å². The quantitative estimate of drug-likeness (QED) is 0.779. The van der Waals surface area contributed by atoms with Crippen molar-refractivity contribution in [3.63, 3.8) is 0 Å². The molecule has 0 saturated carbocycles. The van der Waals surface area contributed by atoms with Gasteiger partial charge in [-0.3, -0.25) is 4.68 Å². The molecule has 1 N–H and O–H groups in total. The van der Waals surface area contributed by atoms with Gasteiger partial charge < -0.3 is 5.32 Å². The Morgan fingerprint density at radius 1 is 1.40 bits per heavy atom. The fraction of sp³-hybridized carbons (Fsp3) is 0.750. The maximum absolute atomic E-state index is 4.54. The Hall–Kier alpha value is -0.830. The first kappa shape index (κ1) is 12.2. The molecule has 0 aliphatic carbocycles. The minimum absolute atomic E-state index is 0.466. The van der Waals surface area contributed by atoms with Crippen molar-refractivity contribution < 1.29 is 0 Å². The number of hydrogen-bond acceptors (Lipinski definition) is 2. The molecule has 1 aromatic heterocycles. The van der Waals surface area contributed by atoms with E-state index in [1.165, 1.54) is 12.1 Å².